The summed E-state index contributed by atoms with van der Waals surface area (Å²) in [5.41, 5.74) is 2.62. The molecule has 0 heterocycles. The van der Waals surface area contributed by atoms with Crippen LogP contribution in [0.1, 0.15) is 44.2 Å². The van der Waals surface area contributed by atoms with Gasteiger partial charge in [-0.15, -0.1) is 0 Å². The summed E-state index contributed by atoms with van der Waals surface area (Å²) in [4.78, 5) is 24.6. The fraction of sp³-hybridized carbons (Fsp3) is 0.280. The first-order chi connectivity index (χ1) is 14.4. The predicted molar refractivity (Wildman–Crippen MR) is 120 cm³/mol. The number of anilines is 1. The summed E-state index contributed by atoms with van der Waals surface area (Å²) < 4.78 is 10.7. The van der Waals surface area contributed by atoms with Gasteiger partial charge in [-0.2, -0.15) is 0 Å². The number of carbonyl (C=O) groups is 2. The van der Waals surface area contributed by atoms with Crippen LogP contribution < -0.4 is 10.1 Å². The van der Waals surface area contributed by atoms with E-state index in [0.717, 1.165) is 29.0 Å². The topological polar surface area (TPSA) is 64.6 Å². The molecule has 2 rings (SSSR count). The maximum absolute atomic E-state index is 12.5. The number of para-hydroxylation sites is 1. The van der Waals surface area contributed by atoms with Crippen LogP contribution in [0.4, 0.5) is 5.69 Å². The zero-order valence-electron chi connectivity index (χ0n) is 17.8. The Bertz CT molecular complexity index is 886. The van der Waals surface area contributed by atoms with E-state index < -0.39 is 12.1 Å². The van der Waals surface area contributed by atoms with Gasteiger partial charge >= 0.3 is 5.97 Å². The first-order valence-corrected chi connectivity index (χ1v) is 10.1. The minimum absolute atomic E-state index is 0.316. The Hall–Kier alpha value is -3.34. The molecule has 2 aromatic rings. The molecule has 5 nitrogen and oxygen atoms in total. The summed E-state index contributed by atoms with van der Waals surface area (Å²) in [6.45, 7) is 9.80. The molecule has 5 heteroatoms. The smallest absolute Gasteiger partial charge is 0.331 e. The van der Waals surface area contributed by atoms with Crippen molar-refractivity contribution >= 4 is 23.6 Å². The highest BCUT2D eigenvalue weighted by Crippen LogP contribution is 2.26. The molecule has 0 unspecified atom stereocenters. The third-order valence-corrected chi connectivity index (χ3v) is 4.68. The van der Waals surface area contributed by atoms with Crippen LogP contribution in [0, 0.1) is 0 Å². The average Bonchev–Trinajstić information content (AvgIpc) is 2.76. The van der Waals surface area contributed by atoms with E-state index in [0.29, 0.717) is 12.5 Å². The highest BCUT2D eigenvalue weighted by molar-refractivity contribution is 5.97. The lowest BCUT2D eigenvalue weighted by atomic mass is 9.97. The standard InChI is InChI=1S/C25H29NO4/c1-5-17-29-21-14-11-20(12-15-21)13-16-24(27)30-19(4)25(28)26-23-10-8-7-9-22(23)18(3)6-2/h5,7-16,18-19H,1,6,17H2,2-4H3,(H,26,28)/b16-13+/t18-,19+/m1/s1. The molecule has 0 aliphatic carbocycles. The molecule has 0 spiro atoms. The van der Waals surface area contributed by atoms with E-state index in [1.807, 2.05) is 36.4 Å². The van der Waals surface area contributed by atoms with Gasteiger partial charge in [-0.25, -0.2) is 4.79 Å². The molecular formula is C25H29NO4. The van der Waals surface area contributed by atoms with Crippen LogP contribution in [-0.4, -0.2) is 24.6 Å². The zero-order valence-corrected chi connectivity index (χ0v) is 17.8. The third-order valence-electron chi connectivity index (χ3n) is 4.68. The van der Waals surface area contributed by atoms with Crippen LogP contribution in [0.2, 0.25) is 0 Å². The lowest BCUT2D eigenvalue weighted by Crippen LogP contribution is -2.29. The van der Waals surface area contributed by atoms with E-state index >= 15 is 0 Å². The van der Waals surface area contributed by atoms with Gasteiger partial charge in [0.15, 0.2) is 6.10 Å². The Labute approximate surface area is 178 Å². The van der Waals surface area contributed by atoms with E-state index in [9.17, 15) is 9.59 Å². The molecule has 0 saturated heterocycles. The van der Waals surface area contributed by atoms with Gasteiger partial charge in [0.05, 0.1) is 0 Å². The summed E-state index contributed by atoms with van der Waals surface area (Å²) in [5, 5.41) is 2.87. The van der Waals surface area contributed by atoms with Crippen molar-refractivity contribution in [2.24, 2.45) is 0 Å². The fourth-order valence-corrected chi connectivity index (χ4v) is 2.76. The summed E-state index contributed by atoms with van der Waals surface area (Å²) >= 11 is 0. The lowest BCUT2D eigenvalue weighted by Gasteiger charge is -2.17. The third kappa shape index (κ3) is 6.92. The molecule has 158 valence electrons. The van der Waals surface area contributed by atoms with E-state index in [-0.39, 0.29) is 5.91 Å². The Balaban J connectivity index is 1.91. The van der Waals surface area contributed by atoms with Gasteiger partial charge in [-0.1, -0.05) is 56.8 Å². The fourth-order valence-electron chi connectivity index (χ4n) is 2.76. The highest BCUT2D eigenvalue weighted by Gasteiger charge is 2.18. The van der Waals surface area contributed by atoms with Gasteiger partial charge in [0, 0.05) is 11.8 Å². The average molecular weight is 408 g/mol. The molecule has 1 amide bonds. The quantitative estimate of drug-likeness (QED) is 0.328. The predicted octanol–water partition coefficient (Wildman–Crippen LogP) is 5.35. The Morgan fingerprint density at radius 2 is 1.80 bits per heavy atom. The van der Waals surface area contributed by atoms with Crippen molar-refractivity contribution in [2.45, 2.75) is 39.2 Å². The van der Waals surface area contributed by atoms with Crippen molar-refractivity contribution in [1.82, 2.24) is 0 Å². The number of esters is 1. The molecule has 0 bridgehead atoms. The first-order valence-electron chi connectivity index (χ1n) is 10.1. The van der Waals surface area contributed by atoms with Crippen LogP contribution in [0.5, 0.6) is 5.75 Å². The molecule has 2 aromatic carbocycles. The van der Waals surface area contributed by atoms with Crippen molar-refractivity contribution < 1.29 is 19.1 Å². The molecule has 0 aliphatic heterocycles. The van der Waals surface area contributed by atoms with Crippen molar-refractivity contribution in [2.75, 3.05) is 11.9 Å². The first kappa shape index (κ1) is 22.9. The van der Waals surface area contributed by atoms with Crippen molar-refractivity contribution in [3.8, 4) is 5.75 Å². The van der Waals surface area contributed by atoms with Gasteiger partial charge < -0.3 is 14.8 Å². The van der Waals surface area contributed by atoms with Gasteiger partial charge in [0.25, 0.3) is 5.91 Å². The van der Waals surface area contributed by atoms with Gasteiger partial charge in [-0.3, -0.25) is 4.79 Å². The van der Waals surface area contributed by atoms with E-state index in [2.05, 4.69) is 25.7 Å². The Morgan fingerprint density at radius 3 is 2.47 bits per heavy atom. The molecule has 30 heavy (non-hydrogen) atoms. The molecular weight excluding hydrogens is 378 g/mol. The van der Waals surface area contributed by atoms with Crippen molar-refractivity contribution in [3.63, 3.8) is 0 Å². The van der Waals surface area contributed by atoms with Crippen LogP contribution in [0.25, 0.3) is 6.08 Å². The molecule has 0 saturated carbocycles. The monoisotopic (exact) mass is 407 g/mol. The normalized spacial score (nSPS) is 12.8. The minimum Gasteiger partial charge on any atom is -0.490 e. The van der Waals surface area contributed by atoms with E-state index in [1.165, 1.54) is 6.08 Å². The minimum atomic E-state index is -0.915. The summed E-state index contributed by atoms with van der Waals surface area (Å²) in [6, 6.07) is 14.9. The number of nitrogens with one attached hydrogen (secondary N) is 1. The largest absolute Gasteiger partial charge is 0.490 e. The summed E-state index contributed by atoms with van der Waals surface area (Å²) in [7, 11) is 0. The number of benzene rings is 2. The van der Waals surface area contributed by atoms with E-state index in [1.54, 1.807) is 31.2 Å². The SMILES string of the molecule is C=CCOc1ccc(/C=C/C(=O)O[C@@H](C)C(=O)Nc2ccccc2[C@H](C)CC)cc1. The van der Waals surface area contributed by atoms with Crippen LogP contribution in [0.15, 0.2) is 67.3 Å². The van der Waals surface area contributed by atoms with E-state index in [4.69, 9.17) is 9.47 Å². The van der Waals surface area contributed by atoms with Crippen LogP contribution in [0.3, 0.4) is 0 Å². The molecule has 0 fully saturated rings. The number of hydrogen-bond acceptors (Lipinski definition) is 4. The Kier molecular flexibility index (Phi) is 8.88. The maximum Gasteiger partial charge on any atom is 0.331 e. The number of amides is 1. The second kappa shape index (κ2) is 11.6. The second-order valence-corrected chi connectivity index (χ2v) is 6.97. The maximum atomic E-state index is 12.5. The van der Waals surface area contributed by atoms with Gasteiger partial charge in [0.1, 0.15) is 12.4 Å². The van der Waals surface area contributed by atoms with Crippen LogP contribution in [-0.2, 0) is 14.3 Å². The van der Waals surface area contributed by atoms with Gasteiger partial charge in [-0.05, 0) is 54.7 Å². The molecule has 1 N–H and O–H groups in total. The highest BCUT2D eigenvalue weighted by atomic mass is 16.5. The summed E-state index contributed by atoms with van der Waals surface area (Å²) in [6.07, 6.45) is 4.65. The van der Waals surface area contributed by atoms with Crippen LogP contribution >= 0.6 is 0 Å². The number of hydrogen-bond donors (Lipinski definition) is 1. The second-order valence-electron chi connectivity index (χ2n) is 6.97. The van der Waals surface area contributed by atoms with Gasteiger partial charge in [0.2, 0.25) is 0 Å². The molecule has 0 aromatic heterocycles. The number of rotatable bonds is 10. The lowest BCUT2D eigenvalue weighted by molar-refractivity contribution is -0.148. The molecule has 2 atom stereocenters. The number of ether oxygens (including phenoxy) is 2. The van der Waals surface area contributed by atoms with Crippen molar-refractivity contribution in [3.05, 3.63) is 78.4 Å². The zero-order chi connectivity index (χ0) is 21.9. The molecule has 0 radical (unpaired) electrons. The molecule has 0 aliphatic rings. The Morgan fingerprint density at radius 1 is 1.10 bits per heavy atom. The van der Waals surface area contributed by atoms with Crippen molar-refractivity contribution in [1.29, 1.82) is 0 Å². The number of carbonyl (C=O) groups excluding carboxylic acids is 2. The summed E-state index contributed by atoms with van der Waals surface area (Å²) in [5.74, 6) is 0.0875.